The standard InChI is InChI=1S/C18H20Cl2N4O2/c1-12-6-8-24(9-7-12)17-5-4-16(22-23-17)21-18(25)11-26-15-3-2-13(19)10-14(15)20/h2-5,10,12H,6-9,11H2,1H3,(H,21,22,25). The summed E-state index contributed by atoms with van der Waals surface area (Å²) in [5.74, 6) is 2.03. The maximum atomic E-state index is 12.0. The average Bonchev–Trinajstić information content (AvgIpc) is 2.62. The van der Waals surface area contributed by atoms with Crippen molar-refractivity contribution in [1.82, 2.24) is 10.2 Å². The molecular weight excluding hydrogens is 375 g/mol. The number of hydrogen-bond donors (Lipinski definition) is 1. The van der Waals surface area contributed by atoms with Crippen molar-refractivity contribution in [2.75, 3.05) is 29.9 Å². The maximum absolute atomic E-state index is 12.0. The molecule has 0 spiro atoms. The van der Waals surface area contributed by atoms with Gasteiger partial charge in [0.25, 0.3) is 5.91 Å². The number of carbonyl (C=O) groups is 1. The molecule has 1 N–H and O–H groups in total. The minimum Gasteiger partial charge on any atom is -0.482 e. The summed E-state index contributed by atoms with van der Waals surface area (Å²) in [6.07, 6.45) is 2.32. The van der Waals surface area contributed by atoms with Crippen LogP contribution in [0.4, 0.5) is 11.6 Å². The van der Waals surface area contributed by atoms with E-state index in [1.54, 1.807) is 24.3 Å². The van der Waals surface area contributed by atoms with Gasteiger partial charge in [0, 0.05) is 18.1 Å². The second kappa shape index (κ2) is 8.56. The van der Waals surface area contributed by atoms with Gasteiger partial charge >= 0.3 is 0 Å². The summed E-state index contributed by atoms with van der Waals surface area (Å²) in [4.78, 5) is 14.2. The molecule has 2 aromatic rings. The lowest BCUT2D eigenvalue weighted by Gasteiger charge is -2.30. The van der Waals surface area contributed by atoms with Crippen LogP contribution >= 0.6 is 23.2 Å². The Morgan fingerprint density at radius 3 is 2.65 bits per heavy atom. The second-order valence-corrected chi connectivity index (χ2v) is 7.20. The summed E-state index contributed by atoms with van der Waals surface area (Å²) in [6.45, 7) is 4.05. The van der Waals surface area contributed by atoms with Crippen LogP contribution in [0.3, 0.4) is 0 Å². The van der Waals surface area contributed by atoms with E-state index in [0.29, 0.717) is 21.6 Å². The molecule has 1 aliphatic heterocycles. The Morgan fingerprint density at radius 2 is 2.00 bits per heavy atom. The molecule has 2 heterocycles. The molecule has 6 nitrogen and oxygen atoms in total. The van der Waals surface area contributed by atoms with Crippen LogP contribution in [-0.4, -0.2) is 35.8 Å². The Morgan fingerprint density at radius 1 is 1.23 bits per heavy atom. The number of ether oxygens (including phenoxy) is 1. The first-order valence-corrected chi connectivity index (χ1v) is 9.23. The van der Waals surface area contributed by atoms with Crippen molar-refractivity contribution in [3.8, 4) is 5.75 Å². The summed E-state index contributed by atoms with van der Waals surface area (Å²) in [5.41, 5.74) is 0. The van der Waals surface area contributed by atoms with Crippen LogP contribution in [0.25, 0.3) is 0 Å². The van der Waals surface area contributed by atoms with Gasteiger partial charge < -0.3 is 15.0 Å². The number of aromatic nitrogens is 2. The van der Waals surface area contributed by atoms with Gasteiger partial charge in [-0.05, 0) is 49.1 Å². The van der Waals surface area contributed by atoms with Crippen LogP contribution in [0.5, 0.6) is 5.75 Å². The number of rotatable bonds is 5. The van der Waals surface area contributed by atoms with Gasteiger partial charge in [0.2, 0.25) is 0 Å². The van der Waals surface area contributed by atoms with Crippen LogP contribution < -0.4 is 15.0 Å². The van der Waals surface area contributed by atoms with E-state index >= 15 is 0 Å². The predicted octanol–water partition coefficient (Wildman–Crippen LogP) is 4.04. The molecule has 1 amide bonds. The van der Waals surface area contributed by atoms with E-state index in [-0.39, 0.29) is 12.5 Å². The third kappa shape index (κ3) is 4.99. The van der Waals surface area contributed by atoms with Crippen LogP contribution in [0, 0.1) is 5.92 Å². The Hall–Kier alpha value is -2.05. The molecule has 0 aliphatic carbocycles. The minimum absolute atomic E-state index is 0.186. The van der Waals surface area contributed by atoms with E-state index < -0.39 is 0 Å². The van der Waals surface area contributed by atoms with E-state index in [2.05, 4.69) is 27.3 Å². The summed E-state index contributed by atoms with van der Waals surface area (Å²) < 4.78 is 5.40. The van der Waals surface area contributed by atoms with Gasteiger partial charge in [-0.3, -0.25) is 4.79 Å². The highest BCUT2D eigenvalue weighted by atomic mass is 35.5. The molecule has 138 valence electrons. The van der Waals surface area contributed by atoms with Gasteiger partial charge in [-0.1, -0.05) is 30.1 Å². The number of nitrogens with one attached hydrogen (secondary N) is 1. The molecule has 0 unspecified atom stereocenters. The normalized spacial score (nSPS) is 15.0. The largest absolute Gasteiger partial charge is 0.482 e. The summed E-state index contributed by atoms with van der Waals surface area (Å²) in [7, 11) is 0. The van der Waals surface area contributed by atoms with Crippen LogP contribution in [0.2, 0.25) is 10.0 Å². The Kier molecular flexibility index (Phi) is 6.16. The van der Waals surface area contributed by atoms with Crippen LogP contribution in [0.1, 0.15) is 19.8 Å². The fraction of sp³-hybridized carbons (Fsp3) is 0.389. The van der Waals surface area contributed by atoms with Crippen molar-refractivity contribution in [2.45, 2.75) is 19.8 Å². The molecule has 0 atom stereocenters. The van der Waals surface area contributed by atoms with Crippen molar-refractivity contribution in [1.29, 1.82) is 0 Å². The van der Waals surface area contributed by atoms with Gasteiger partial charge in [-0.2, -0.15) is 0 Å². The maximum Gasteiger partial charge on any atom is 0.263 e. The molecule has 1 aliphatic rings. The van der Waals surface area contributed by atoms with Gasteiger partial charge in [-0.15, -0.1) is 10.2 Å². The summed E-state index contributed by atoms with van der Waals surface area (Å²) >= 11 is 11.8. The first kappa shape index (κ1) is 18.7. The number of halogens is 2. The highest BCUT2D eigenvalue weighted by molar-refractivity contribution is 6.35. The lowest BCUT2D eigenvalue weighted by molar-refractivity contribution is -0.118. The zero-order valence-electron chi connectivity index (χ0n) is 14.4. The first-order valence-electron chi connectivity index (χ1n) is 8.47. The number of hydrogen-bond acceptors (Lipinski definition) is 5. The molecule has 0 saturated carbocycles. The molecule has 1 aromatic heterocycles. The molecule has 3 rings (SSSR count). The van der Waals surface area contributed by atoms with Crippen molar-refractivity contribution >= 4 is 40.7 Å². The number of amides is 1. The minimum atomic E-state index is -0.343. The summed E-state index contributed by atoms with van der Waals surface area (Å²) in [5, 5.41) is 11.8. The van der Waals surface area contributed by atoms with Gasteiger partial charge in [-0.25, -0.2) is 0 Å². The average molecular weight is 395 g/mol. The SMILES string of the molecule is CC1CCN(c2ccc(NC(=O)COc3ccc(Cl)cc3Cl)nn2)CC1. The fourth-order valence-corrected chi connectivity index (χ4v) is 3.18. The number of nitrogens with zero attached hydrogens (tertiary/aromatic N) is 3. The number of benzene rings is 1. The fourth-order valence-electron chi connectivity index (χ4n) is 2.71. The van der Waals surface area contributed by atoms with E-state index in [0.717, 1.165) is 37.7 Å². The Bertz CT molecular complexity index is 762. The molecule has 8 heteroatoms. The lowest BCUT2D eigenvalue weighted by Crippen LogP contribution is -2.33. The number of carbonyl (C=O) groups excluding carboxylic acids is 1. The van der Waals surface area contributed by atoms with E-state index in [9.17, 15) is 4.79 Å². The quantitative estimate of drug-likeness (QED) is 0.828. The lowest BCUT2D eigenvalue weighted by atomic mass is 9.99. The zero-order valence-corrected chi connectivity index (χ0v) is 15.9. The Labute approximate surface area is 162 Å². The van der Waals surface area contributed by atoms with Gasteiger partial charge in [0.15, 0.2) is 18.2 Å². The molecule has 1 aromatic carbocycles. The van der Waals surface area contributed by atoms with Gasteiger partial charge in [0.1, 0.15) is 5.75 Å². The molecular formula is C18H20Cl2N4O2. The summed E-state index contributed by atoms with van der Waals surface area (Å²) in [6, 6.07) is 8.43. The van der Waals surface area contributed by atoms with Crippen molar-refractivity contribution in [2.24, 2.45) is 5.92 Å². The second-order valence-electron chi connectivity index (χ2n) is 6.36. The third-order valence-corrected chi connectivity index (χ3v) is 4.81. The first-order chi connectivity index (χ1) is 12.5. The van der Waals surface area contributed by atoms with Crippen molar-refractivity contribution < 1.29 is 9.53 Å². The van der Waals surface area contributed by atoms with Crippen molar-refractivity contribution in [3.63, 3.8) is 0 Å². The molecule has 26 heavy (non-hydrogen) atoms. The smallest absolute Gasteiger partial charge is 0.263 e. The molecule has 0 radical (unpaired) electrons. The van der Waals surface area contributed by atoms with Crippen LogP contribution in [0.15, 0.2) is 30.3 Å². The van der Waals surface area contributed by atoms with Crippen LogP contribution in [-0.2, 0) is 4.79 Å². The highest BCUT2D eigenvalue weighted by Gasteiger charge is 2.17. The monoisotopic (exact) mass is 394 g/mol. The number of piperidine rings is 1. The molecule has 0 bridgehead atoms. The third-order valence-electron chi connectivity index (χ3n) is 4.28. The molecule has 1 saturated heterocycles. The highest BCUT2D eigenvalue weighted by Crippen LogP contribution is 2.27. The van der Waals surface area contributed by atoms with E-state index in [4.69, 9.17) is 27.9 Å². The topological polar surface area (TPSA) is 67.4 Å². The van der Waals surface area contributed by atoms with E-state index in [1.165, 1.54) is 0 Å². The van der Waals surface area contributed by atoms with Gasteiger partial charge in [0.05, 0.1) is 5.02 Å². The molecule has 1 fully saturated rings. The predicted molar refractivity (Wildman–Crippen MR) is 103 cm³/mol. The van der Waals surface area contributed by atoms with E-state index in [1.807, 2.05) is 6.07 Å². The number of anilines is 2. The Balaban J connectivity index is 1.51. The van der Waals surface area contributed by atoms with Crippen molar-refractivity contribution in [3.05, 3.63) is 40.4 Å². The zero-order chi connectivity index (χ0) is 18.5.